The number of hydrogen-bond acceptors (Lipinski definition) is 6. The number of carbonyl (C=O) groups excluding carboxylic acids is 1. The predicted molar refractivity (Wildman–Crippen MR) is 179 cm³/mol. The topological polar surface area (TPSA) is 159 Å². The van der Waals surface area contributed by atoms with E-state index in [1.165, 1.54) is 5.56 Å². The van der Waals surface area contributed by atoms with E-state index in [4.69, 9.17) is 20.7 Å². The largest absolute Gasteiger partial charge is 0.491 e. The number of amides is 1. The minimum Gasteiger partial charge on any atom is -0.491 e. The van der Waals surface area contributed by atoms with Gasteiger partial charge in [0.05, 0.1) is 19.3 Å². The second-order valence-corrected chi connectivity index (χ2v) is 10.7. The number of aliphatic carboxylic acids is 2. The Morgan fingerprint density at radius 3 is 1.54 bits per heavy atom. The van der Waals surface area contributed by atoms with E-state index in [1.54, 1.807) is 48.5 Å². The lowest BCUT2D eigenvalue weighted by molar-refractivity contribution is -0.137. The number of aryl methyl sites for hydroxylation is 1. The van der Waals surface area contributed by atoms with Crippen molar-refractivity contribution >= 4 is 17.8 Å². The Morgan fingerprint density at radius 2 is 1.11 bits per heavy atom. The van der Waals surface area contributed by atoms with Crippen molar-refractivity contribution in [3.63, 3.8) is 0 Å². The quantitative estimate of drug-likeness (QED) is 0.127. The monoisotopic (exact) mass is 628 g/mol. The van der Waals surface area contributed by atoms with E-state index in [1.807, 2.05) is 42.5 Å². The number of rotatable bonds is 15. The molecule has 2 unspecified atom stereocenters. The van der Waals surface area contributed by atoms with Gasteiger partial charge < -0.3 is 31.1 Å². The first-order chi connectivity index (χ1) is 22.1. The van der Waals surface area contributed by atoms with E-state index in [9.17, 15) is 19.5 Å². The van der Waals surface area contributed by atoms with Gasteiger partial charge in [0.25, 0.3) is 0 Å². The van der Waals surface area contributed by atoms with Gasteiger partial charge in [0.15, 0.2) is 0 Å². The molecule has 0 saturated heterocycles. The first-order valence-electron chi connectivity index (χ1n) is 15.1. The number of nitrogens with one attached hydrogen (secondary N) is 1. The van der Waals surface area contributed by atoms with Crippen molar-refractivity contribution in [3.05, 3.63) is 138 Å². The van der Waals surface area contributed by atoms with Crippen LogP contribution in [0.25, 0.3) is 0 Å². The lowest BCUT2D eigenvalue weighted by atomic mass is 10.1. The van der Waals surface area contributed by atoms with E-state index in [-0.39, 0.29) is 31.8 Å². The number of carboxylic acid groups (broad SMARTS) is 2. The molecular weight excluding hydrogens is 584 g/mol. The van der Waals surface area contributed by atoms with Gasteiger partial charge in [0.2, 0.25) is 5.91 Å². The fourth-order valence-electron chi connectivity index (χ4n) is 4.16. The fourth-order valence-corrected chi connectivity index (χ4v) is 4.16. The molecular formula is C37H44N2O7. The first-order valence-corrected chi connectivity index (χ1v) is 15.1. The summed E-state index contributed by atoms with van der Waals surface area (Å²) in [5, 5.41) is 30.1. The van der Waals surface area contributed by atoms with Crippen LogP contribution < -0.4 is 15.8 Å². The molecule has 1 amide bonds. The van der Waals surface area contributed by atoms with Crippen molar-refractivity contribution in [2.75, 3.05) is 13.2 Å². The Balaban J connectivity index is 0.000000299. The summed E-state index contributed by atoms with van der Waals surface area (Å²) in [4.78, 5) is 31.2. The zero-order valence-corrected chi connectivity index (χ0v) is 26.1. The molecule has 6 N–H and O–H groups in total. The number of nitrogens with two attached hydrogens (primary N) is 1. The Morgan fingerprint density at radius 1 is 0.674 bits per heavy atom. The Bertz CT molecular complexity index is 1370. The Hall–Kier alpha value is -4.99. The zero-order valence-electron chi connectivity index (χ0n) is 26.1. The third-order valence-corrected chi connectivity index (χ3v) is 6.55. The van der Waals surface area contributed by atoms with Crippen molar-refractivity contribution in [1.82, 2.24) is 5.32 Å². The molecule has 9 nitrogen and oxygen atoms in total. The lowest BCUT2D eigenvalue weighted by Crippen LogP contribution is -2.36. The normalized spacial score (nSPS) is 11.4. The molecule has 0 spiro atoms. The van der Waals surface area contributed by atoms with Gasteiger partial charge in [0.1, 0.15) is 18.5 Å². The summed E-state index contributed by atoms with van der Waals surface area (Å²) in [5.41, 5.74) is 9.02. The smallest absolute Gasteiger partial charge is 0.307 e. The number of carboxylic acids is 2. The molecule has 0 bridgehead atoms. The molecule has 9 heteroatoms. The molecule has 4 aromatic carbocycles. The van der Waals surface area contributed by atoms with Crippen LogP contribution in [0, 0.1) is 0 Å². The van der Waals surface area contributed by atoms with Crippen LogP contribution in [0.3, 0.4) is 0 Å². The van der Waals surface area contributed by atoms with Crippen LogP contribution in [0.15, 0.2) is 115 Å². The lowest BCUT2D eigenvalue weighted by Gasteiger charge is -2.18. The summed E-state index contributed by atoms with van der Waals surface area (Å²) < 4.78 is 5.58. The van der Waals surface area contributed by atoms with E-state index in [0.29, 0.717) is 18.3 Å². The number of aliphatic hydroxyl groups excluding tert-OH is 1. The molecule has 2 atom stereocenters. The maximum atomic E-state index is 10.9. The molecule has 0 aliphatic carbocycles. The van der Waals surface area contributed by atoms with E-state index < -0.39 is 18.0 Å². The average molecular weight is 629 g/mol. The molecule has 244 valence electrons. The van der Waals surface area contributed by atoms with Gasteiger partial charge in [-0.2, -0.15) is 0 Å². The number of aliphatic hydroxyl groups is 1. The molecule has 4 aromatic rings. The van der Waals surface area contributed by atoms with Gasteiger partial charge in [-0.3, -0.25) is 14.4 Å². The van der Waals surface area contributed by atoms with Crippen molar-refractivity contribution < 1.29 is 34.4 Å². The molecule has 0 aliphatic heterocycles. The second kappa shape index (κ2) is 21.7. The van der Waals surface area contributed by atoms with Crippen LogP contribution in [-0.2, 0) is 40.1 Å². The van der Waals surface area contributed by atoms with Crippen molar-refractivity contribution in [3.8, 4) is 5.75 Å². The third-order valence-electron chi connectivity index (χ3n) is 6.55. The molecule has 46 heavy (non-hydrogen) atoms. The minimum absolute atomic E-state index is 0.112. The third kappa shape index (κ3) is 18.0. The highest BCUT2D eigenvalue weighted by molar-refractivity contribution is 5.76. The molecule has 4 rings (SSSR count). The highest BCUT2D eigenvalue weighted by atomic mass is 16.5. The maximum Gasteiger partial charge on any atom is 0.307 e. The summed E-state index contributed by atoms with van der Waals surface area (Å²) in [7, 11) is 0. The fraction of sp³-hybridized carbons (Fsp3) is 0.270. The number of primary amides is 1. The number of hydrogen-bond donors (Lipinski definition) is 5. The zero-order chi connectivity index (χ0) is 33.6. The summed E-state index contributed by atoms with van der Waals surface area (Å²) in [5.74, 6) is -1.27. The molecule has 0 fully saturated rings. The predicted octanol–water partition coefficient (Wildman–Crippen LogP) is 4.69. The van der Waals surface area contributed by atoms with Crippen molar-refractivity contribution in [1.29, 1.82) is 0 Å². The van der Waals surface area contributed by atoms with Gasteiger partial charge in [-0.15, -0.1) is 0 Å². The van der Waals surface area contributed by atoms with Gasteiger partial charge in [0, 0.05) is 12.6 Å². The standard InChI is InChI=1S/C21H28N2O3.2C8H8O2/c1-16(7-8-17-5-3-2-4-6-17)23-14-19(24)15-26-20-11-9-18(10-12-20)13-21(22)25;2*9-8(10)6-7-4-2-1-3-5-7/h2-6,9-12,16,19,23-24H,7-8,13-15H2,1H3,(H2,22,25);2*1-5H,6H2,(H,9,10). The average Bonchev–Trinajstić information content (AvgIpc) is 3.04. The van der Waals surface area contributed by atoms with Crippen LogP contribution in [0.2, 0.25) is 0 Å². The SMILES string of the molecule is CC(CCc1ccccc1)NCC(O)COc1ccc(CC(N)=O)cc1.O=C(O)Cc1ccccc1.O=C(O)Cc1ccccc1. The second-order valence-electron chi connectivity index (χ2n) is 10.7. The van der Waals surface area contributed by atoms with Crippen LogP contribution in [-0.4, -0.2) is 58.5 Å². The summed E-state index contributed by atoms with van der Waals surface area (Å²) >= 11 is 0. The van der Waals surface area contributed by atoms with Crippen molar-refractivity contribution in [2.24, 2.45) is 5.73 Å². The Labute approximate surface area is 270 Å². The van der Waals surface area contributed by atoms with Gasteiger partial charge in [-0.25, -0.2) is 0 Å². The number of carbonyl (C=O) groups is 3. The molecule has 0 aromatic heterocycles. The summed E-state index contributed by atoms with van der Waals surface area (Å²) in [6, 6.07) is 36.1. The highest BCUT2D eigenvalue weighted by Gasteiger charge is 2.09. The number of ether oxygens (including phenoxy) is 1. The molecule has 0 aliphatic rings. The minimum atomic E-state index is -0.786. The van der Waals surface area contributed by atoms with Gasteiger partial charge >= 0.3 is 11.9 Å². The van der Waals surface area contributed by atoms with Gasteiger partial charge in [-0.1, -0.05) is 103 Å². The van der Waals surface area contributed by atoms with E-state index in [0.717, 1.165) is 29.5 Å². The first kappa shape index (κ1) is 37.2. The van der Waals surface area contributed by atoms with Crippen LogP contribution >= 0.6 is 0 Å². The molecule has 0 radical (unpaired) electrons. The van der Waals surface area contributed by atoms with E-state index in [2.05, 4.69) is 36.5 Å². The molecule has 0 heterocycles. The summed E-state index contributed by atoms with van der Waals surface area (Å²) in [6.45, 7) is 2.82. The maximum absolute atomic E-state index is 10.9. The van der Waals surface area contributed by atoms with E-state index >= 15 is 0 Å². The summed E-state index contributed by atoms with van der Waals surface area (Å²) in [6.07, 6.45) is 1.88. The van der Waals surface area contributed by atoms with Crippen LogP contribution in [0.1, 0.15) is 35.6 Å². The number of benzene rings is 4. The van der Waals surface area contributed by atoms with Gasteiger partial charge in [-0.05, 0) is 54.2 Å². The Kier molecular flexibility index (Phi) is 17.5. The van der Waals surface area contributed by atoms with Crippen LogP contribution in [0.5, 0.6) is 5.75 Å². The molecule has 0 saturated carbocycles. The van der Waals surface area contributed by atoms with Crippen LogP contribution in [0.4, 0.5) is 0 Å². The van der Waals surface area contributed by atoms with Crippen molar-refractivity contribution in [2.45, 2.75) is 51.2 Å². The highest BCUT2D eigenvalue weighted by Crippen LogP contribution is 2.13.